The Bertz CT molecular complexity index is 889. The topological polar surface area (TPSA) is 59.1 Å². The van der Waals surface area contributed by atoms with Crippen molar-refractivity contribution in [3.63, 3.8) is 0 Å². The fourth-order valence-corrected chi connectivity index (χ4v) is 3.51. The largest absolute Gasteiger partial charge is 0.421 e. The zero-order chi connectivity index (χ0) is 24.3. The van der Waals surface area contributed by atoms with Gasteiger partial charge in [0.15, 0.2) is 0 Å². The van der Waals surface area contributed by atoms with Gasteiger partial charge in [0.05, 0.1) is 11.7 Å². The highest BCUT2D eigenvalue weighted by Gasteiger charge is 2.49. The molecule has 11 heteroatoms. The van der Waals surface area contributed by atoms with Gasteiger partial charge in [0, 0.05) is 31.3 Å². The van der Waals surface area contributed by atoms with Gasteiger partial charge in [-0.3, -0.25) is 0 Å². The number of rotatable bonds is 8. The van der Waals surface area contributed by atoms with Crippen molar-refractivity contribution < 1.29 is 31.1 Å². The average Bonchev–Trinajstić information content (AvgIpc) is 2.68. The fourth-order valence-electron chi connectivity index (χ4n) is 3.51. The minimum atomic E-state index is -4.71. The Balaban J connectivity index is 2.28. The molecule has 1 aliphatic rings. The van der Waals surface area contributed by atoms with E-state index in [4.69, 9.17) is 4.74 Å². The van der Waals surface area contributed by atoms with Gasteiger partial charge in [-0.1, -0.05) is 38.7 Å². The number of hydrogen-bond donors (Lipinski definition) is 2. The molecule has 0 radical (unpaired) electrons. The molecule has 0 amide bonds. The summed E-state index contributed by atoms with van der Waals surface area (Å²) in [6, 6.07) is -0.338. The van der Waals surface area contributed by atoms with E-state index in [1.54, 1.807) is 0 Å². The second kappa shape index (κ2) is 9.51. The molecule has 2 atom stereocenters. The number of nitrogens with zero attached hydrogens (tertiary/aromatic N) is 2. The summed E-state index contributed by atoms with van der Waals surface area (Å²) in [7, 11) is 1.53. The minimum Gasteiger partial charge on any atom is -0.381 e. The lowest BCUT2D eigenvalue weighted by Crippen LogP contribution is -2.58. The van der Waals surface area contributed by atoms with Crippen LogP contribution in [0.3, 0.4) is 0 Å². The molecule has 0 aromatic carbocycles. The lowest BCUT2D eigenvalue weighted by Gasteiger charge is -2.51. The number of allylic oxidation sites excluding steroid dienone is 3. The van der Waals surface area contributed by atoms with Crippen molar-refractivity contribution in [3.8, 4) is 0 Å². The van der Waals surface area contributed by atoms with Gasteiger partial charge in [0.2, 0.25) is 5.95 Å². The number of hydrogen-bond acceptors (Lipinski definition) is 5. The summed E-state index contributed by atoms with van der Waals surface area (Å²) in [6.45, 7) is 8.08. The number of alkyl halides is 6. The molecular weight excluding hydrogens is 438 g/mol. The van der Waals surface area contributed by atoms with Crippen LogP contribution in [0.5, 0.6) is 0 Å². The molecular formula is C21H26F6N4O. The van der Waals surface area contributed by atoms with Crippen molar-refractivity contribution in [3.05, 3.63) is 47.7 Å². The quantitative estimate of drug-likeness (QED) is 0.379. The summed E-state index contributed by atoms with van der Waals surface area (Å²) in [5.74, 6) is -0.678. The third kappa shape index (κ3) is 5.62. The average molecular weight is 464 g/mol. The van der Waals surface area contributed by atoms with E-state index in [1.807, 2.05) is 13.8 Å². The summed E-state index contributed by atoms with van der Waals surface area (Å²) < 4.78 is 85.5. The first kappa shape index (κ1) is 25.7. The van der Waals surface area contributed by atoms with E-state index in [1.165, 1.54) is 20.1 Å². The molecule has 1 fully saturated rings. The van der Waals surface area contributed by atoms with Crippen molar-refractivity contribution in [1.29, 1.82) is 0 Å². The predicted octanol–water partition coefficient (Wildman–Crippen LogP) is 5.75. The van der Waals surface area contributed by atoms with Crippen LogP contribution in [-0.4, -0.2) is 41.9 Å². The van der Waals surface area contributed by atoms with Crippen LogP contribution in [0.15, 0.2) is 42.2 Å². The van der Waals surface area contributed by atoms with E-state index in [2.05, 4.69) is 27.2 Å². The van der Waals surface area contributed by atoms with Crippen molar-refractivity contribution in [2.24, 2.45) is 5.41 Å². The molecule has 5 nitrogen and oxygen atoms in total. The predicted molar refractivity (Wildman–Crippen MR) is 110 cm³/mol. The molecule has 1 aromatic heterocycles. The van der Waals surface area contributed by atoms with Crippen LogP contribution in [0.2, 0.25) is 0 Å². The second-order valence-electron chi connectivity index (χ2n) is 7.91. The number of methoxy groups -OCH3 is 1. The van der Waals surface area contributed by atoms with Gasteiger partial charge in [-0.2, -0.15) is 31.3 Å². The summed E-state index contributed by atoms with van der Waals surface area (Å²) in [4.78, 5) is 7.55. The van der Waals surface area contributed by atoms with Gasteiger partial charge >= 0.3 is 12.4 Å². The molecule has 178 valence electrons. The first-order chi connectivity index (χ1) is 14.7. The summed E-state index contributed by atoms with van der Waals surface area (Å²) in [5.41, 5.74) is -2.55. The Morgan fingerprint density at radius 2 is 1.94 bits per heavy atom. The van der Waals surface area contributed by atoms with Gasteiger partial charge in [0.25, 0.3) is 0 Å². The second-order valence-corrected chi connectivity index (χ2v) is 7.91. The highest BCUT2D eigenvalue weighted by atomic mass is 19.4. The summed E-state index contributed by atoms with van der Waals surface area (Å²) >= 11 is 0. The van der Waals surface area contributed by atoms with Crippen molar-refractivity contribution in [2.75, 3.05) is 24.3 Å². The Labute approximate surface area is 182 Å². The zero-order valence-electron chi connectivity index (χ0n) is 18.2. The van der Waals surface area contributed by atoms with Crippen LogP contribution in [0, 0.1) is 5.41 Å². The lowest BCUT2D eigenvalue weighted by atomic mass is 9.64. The van der Waals surface area contributed by atoms with Crippen LogP contribution >= 0.6 is 0 Å². The van der Waals surface area contributed by atoms with E-state index in [0.29, 0.717) is 12.6 Å². The zero-order valence-corrected chi connectivity index (χ0v) is 18.2. The van der Waals surface area contributed by atoms with Crippen LogP contribution in [0.25, 0.3) is 0 Å². The first-order valence-electron chi connectivity index (χ1n) is 9.78. The molecule has 2 N–H and O–H groups in total. The Hall–Kier alpha value is -2.56. The highest BCUT2D eigenvalue weighted by Crippen LogP contribution is 2.45. The molecule has 1 aliphatic carbocycles. The van der Waals surface area contributed by atoms with Crippen LogP contribution < -0.4 is 10.6 Å². The molecule has 0 spiro atoms. The fraction of sp³-hybridized carbons (Fsp3) is 0.524. The van der Waals surface area contributed by atoms with E-state index in [9.17, 15) is 26.3 Å². The number of nitrogens with one attached hydrogen (secondary N) is 2. The van der Waals surface area contributed by atoms with Crippen LogP contribution in [0.1, 0.15) is 32.8 Å². The number of anilines is 2. The number of aromatic nitrogens is 2. The monoisotopic (exact) mass is 464 g/mol. The van der Waals surface area contributed by atoms with E-state index >= 15 is 0 Å². The van der Waals surface area contributed by atoms with Crippen molar-refractivity contribution in [2.45, 2.75) is 51.7 Å². The Morgan fingerprint density at radius 1 is 1.28 bits per heavy atom. The molecule has 0 saturated heterocycles. The molecule has 1 aromatic rings. The first-order valence-corrected chi connectivity index (χ1v) is 9.78. The maximum atomic E-state index is 13.5. The molecule has 32 heavy (non-hydrogen) atoms. The summed E-state index contributed by atoms with van der Waals surface area (Å²) in [5, 5.41) is 5.39. The standard InChI is InChI=1S/C21H26F6N4O/c1-6-8-13(20(22,23)24)12(7-2)10-28-18-29-11-14(21(25,26)27)17(31-18)30-15-9-16(32-5)19(15,3)4/h6-8,11,15-16H,1,9-10H2,2-5H3,(H2,28,29,30,31)/b12-7-,13-8+. The van der Waals surface area contributed by atoms with Gasteiger partial charge in [-0.05, 0) is 18.9 Å². The Morgan fingerprint density at radius 3 is 2.41 bits per heavy atom. The molecule has 1 saturated carbocycles. The maximum Gasteiger partial charge on any atom is 0.421 e. The van der Waals surface area contributed by atoms with Gasteiger partial charge in [-0.15, -0.1) is 0 Å². The van der Waals surface area contributed by atoms with Crippen LogP contribution in [-0.2, 0) is 10.9 Å². The van der Waals surface area contributed by atoms with Crippen LogP contribution in [0.4, 0.5) is 38.1 Å². The normalized spacial score (nSPS) is 21.7. The van der Waals surface area contributed by atoms with Crippen molar-refractivity contribution in [1.82, 2.24) is 9.97 Å². The smallest absolute Gasteiger partial charge is 0.381 e. The molecule has 0 bridgehead atoms. The third-order valence-corrected chi connectivity index (χ3v) is 5.59. The van der Waals surface area contributed by atoms with E-state index < -0.39 is 34.7 Å². The molecule has 0 aliphatic heterocycles. The van der Waals surface area contributed by atoms with E-state index in [0.717, 1.165) is 12.2 Å². The van der Waals surface area contributed by atoms with E-state index in [-0.39, 0.29) is 30.2 Å². The summed E-state index contributed by atoms with van der Waals surface area (Å²) in [6.07, 6.45) is -5.28. The minimum absolute atomic E-state index is 0.122. The van der Waals surface area contributed by atoms with Gasteiger partial charge in [-0.25, -0.2) is 4.98 Å². The number of ether oxygens (including phenoxy) is 1. The molecule has 1 heterocycles. The van der Waals surface area contributed by atoms with Gasteiger partial charge in [0.1, 0.15) is 11.4 Å². The third-order valence-electron chi connectivity index (χ3n) is 5.59. The number of halogens is 6. The SMILES string of the molecule is C=C/C=C(\C(=C/C)CNc1ncc(C(F)(F)F)c(NC2CC(OC)C2(C)C)n1)C(F)(F)F. The highest BCUT2D eigenvalue weighted by molar-refractivity contribution is 5.51. The Kier molecular flexibility index (Phi) is 7.64. The molecule has 2 rings (SSSR count). The lowest BCUT2D eigenvalue weighted by molar-refractivity contribution is -0.137. The van der Waals surface area contributed by atoms with Gasteiger partial charge < -0.3 is 15.4 Å². The maximum absolute atomic E-state index is 13.5. The molecule has 2 unspecified atom stereocenters. The van der Waals surface area contributed by atoms with Crippen molar-refractivity contribution >= 4 is 11.8 Å².